The molecule has 0 saturated carbocycles. The summed E-state index contributed by atoms with van der Waals surface area (Å²) in [7, 11) is 0. The molecule has 302 valence electrons. The van der Waals surface area contributed by atoms with Crippen LogP contribution in [-0.4, -0.2) is 27.7 Å². The summed E-state index contributed by atoms with van der Waals surface area (Å²) in [6.45, 7) is -0.193. The number of thiophene rings is 4. The van der Waals surface area contributed by atoms with Crippen LogP contribution in [0.5, 0.6) is 5.75 Å². The molecule has 0 bridgehead atoms. The molecule has 1 aliphatic carbocycles. The van der Waals surface area contributed by atoms with Crippen LogP contribution in [0.2, 0.25) is 0 Å². The number of ether oxygens (including phenoxy) is 3. The largest absolute Gasteiger partial charge is 0.457 e. The summed E-state index contributed by atoms with van der Waals surface area (Å²) in [4.78, 5) is 38.2. The molecular weight excluding hydrogens is 929 g/mol. The van der Waals surface area contributed by atoms with Crippen LogP contribution < -0.4 is 15.4 Å². The van der Waals surface area contributed by atoms with Gasteiger partial charge in [0.05, 0.1) is 59.2 Å². The lowest BCUT2D eigenvalue weighted by molar-refractivity contribution is -0.183. The molecule has 5 aromatic carbocycles. The minimum Gasteiger partial charge on any atom is -0.457 e. The Morgan fingerprint density at radius 2 is 1.18 bits per heavy atom. The van der Waals surface area contributed by atoms with Gasteiger partial charge in [-0.1, -0.05) is 158 Å². The highest BCUT2D eigenvalue weighted by Crippen LogP contribution is 2.61. The van der Waals surface area contributed by atoms with E-state index in [0.29, 0.717) is 35.4 Å². The van der Waals surface area contributed by atoms with Gasteiger partial charge in [0, 0.05) is 15.5 Å². The first-order chi connectivity index (χ1) is 30.2. The Kier molecular flexibility index (Phi) is 9.92. The van der Waals surface area contributed by atoms with Crippen molar-refractivity contribution in [2.45, 2.75) is 24.9 Å². The monoisotopic (exact) mass is 954 g/mol. The Balaban J connectivity index is 1.07. The van der Waals surface area contributed by atoms with E-state index < -0.39 is 17.5 Å². The molecule has 1 aliphatic heterocycles. The van der Waals surface area contributed by atoms with Crippen molar-refractivity contribution >= 4 is 155 Å². The molecule has 7 nitrogen and oxygen atoms in total. The third-order valence-corrected chi connectivity index (χ3v) is 17.4. The third kappa shape index (κ3) is 6.36. The van der Waals surface area contributed by atoms with Gasteiger partial charge in [-0.05, 0) is 34.4 Å². The van der Waals surface area contributed by atoms with E-state index in [0.717, 1.165) is 71.6 Å². The number of hydrogen-bond donors (Lipinski definition) is 1. The maximum absolute atomic E-state index is 15.1. The lowest BCUT2D eigenvalue weighted by Gasteiger charge is -2.33. The van der Waals surface area contributed by atoms with Gasteiger partial charge in [0.15, 0.2) is 5.75 Å². The number of thiocarbonyl (C=S) groups is 2. The molecular formula is C47H26N2O5S8. The predicted octanol–water partition coefficient (Wildman–Crippen LogP) is 12.6. The first-order valence-corrected chi connectivity index (χ1v) is 24.1. The highest BCUT2D eigenvalue weighted by atomic mass is 32.1. The van der Waals surface area contributed by atoms with Gasteiger partial charge < -0.3 is 19.5 Å². The minimum atomic E-state index is -2.35. The van der Waals surface area contributed by atoms with E-state index in [1.165, 1.54) is 45.3 Å². The number of hydrogen-bond acceptors (Lipinski definition) is 15. The number of rotatable bonds is 9. The van der Waals surface area contributed by atoms with Gasteiger partial charge in [0.1, 0.15) is 23.6 Å². The van der Waals surface area contributed by atoms with Crippen molar-refractivity contribution in [3.05, 3.63) is 164 Å². The second-order valence-corrected chi connectivity index (χ2v) is 20.5. The Labute approximate surface area is 390 Å². The Morgan fingerprint density at radius 1 is 0.645 bits per heavy atom. The van der Waals surface area contributed by atoms with Crippen molar-refractivity contribution < 1.29 is 23.8 Å². The molecule has 0 atom stereocenters. The fourth-order valence-corrected chi connectivity index (χ4v) is 14.5. The fourth-order valence-electron chi connectivity index (χ4n) is 7.88. The summed E-state index contributed by atoms with van der Waals surface area (Å²) in [5.74, 6) is -1.39. The summed E-state index contributed by atoms with van der Waals surface area (Å²) in [5.41, 5.74) is 1.41. The van der Waals surface area contributed by atoms with Gasteiger partial charge in [-0.25, -0.2) is 14.6 Å². The van der Waals surface area contributed by atoms with E-state index in [4.69, 9.17) is 68.1 Å². The molecule has 0 unspecified atom stereocenters. The summed E-state index contributed by atoms with van der Waals surface area (Å²) >= 11 is 29.3. The highest BCUT2D eigenvalue weighted by Gasteiger charge is 2.60. The minimum absolute atomic E-state index is 0.0965. The first kappa shape index (κ1) is 39.6. The number of nitrogens with zero attached hydrogens (tertiary/aromatic N) is 1. The molecule has 1 N–H and O–H groups in total. The molecule has 2 aliphatic rings. The van der Waals surface area contributed by atoms with Crippen molar-refractivity contribution in [1.82, 2.24) is 0 Å². The summed E-state index contributed by atoms with van der Waals surface area (Å²) < 4.78 is 23.5. The number of anilines is 1. The molecule has 5 heterocycles. The topological polar surface area (TPSA) is 86.2 Å². The van der Waals surface area contributed by atoms with Crippen LogP contribution in [0.25, 0.3) is 39.3 Å². The molecule has 0 radical (unpaired) electrons. The van der Waals surface area contributed by atoms with Crippen molar-refractivity contribution in [3.63, 3.8) is 0 Å². The zero-order valence-corrected chi connectivity index (χ0v) is 38.3. The summed E-state index contributed by atoms with van der Waals surface area (Å²) in [5, 5.41) is 7.29. The zero-order valence-electron chi connectivity index (χ0n) is 31.8. The normalized spacial score (nSPS) is 14.1. The van der Waals surface area contributed by atoms with E-state index >= 15 is 9.59 Å². The Morgan fingerprint density at radius 3 is 1.77 bits per heavy atom. The number of esters is 2. The smallest absolute Gasteiger partial charge is 0.367 e. The number of benzene rings is 4. The van der Waals surface area contributed by atoms with Crippen LogP contribution in [0.15, 0.2) is 126 Å². The van der Waals surface area contributed by atoms with Crippen molar-refractivity contribution in [1.29, 1.82) is 0 Å². The molecule has 0 saturated heterocycles. The fraction of sp³-hybridized carbons (Fsp3) is 0.0851. The van der Waals surface area contributed by atoms with Gasteiger partial charge >= 0.3 is 17.5 Å². The average Bonchev–Trinajstić information content (AvgIpc) is 4.13. The maximum Gasteiger partial charge on any atom is 0.367 e. The van der Waals surface area contributed by atoms with Crippen molar-refractivity contribution in [2.75, 3.05) is 5.32 Å². The van der Waals surface area contributed by atoms with Gasteiger partial charge in [0.2, 0.25) is 0 Å². The molecule has 11 rings (SSSR count). The number of fused-ring (bicyclic) bond motifs is 9. The standard InChI is InChI=1S/C47H26N2O5S8/c50-45(52-21-23-11-3-1-4-12-23)47(46(51)53-22-24-13-5-2-6-14-24)33-41-29(19-31(61-41)48-34-37(55)25-15-7-8-16-26(25)38(34)56)59-43(33)44-36(54-47)42-30(60-44)20-32(62-42)49-35-39(57)27-17-9-10-18-28(27)40(35)58/h1-20,35,49H,21-22H2. The van der Waals surface area contributed by atoms with E-state index in [1.54, 1.807) is 0 Å². The molecule has 9 aromatic rings. The molecule has 0 fully saturated rings. The lowest BCUT2D eigenvalue weighted by Crippen LogP contribution is -2.52. The van der Waals surface area contributed by atoms with Crippen LogP contribution >= 0.6 is 94.2 Å². The second kappa shape index (κ2) is 15.5. The van der Waals surface area contributed by atoms with Crippen LogP contribution in [0.3, 0.4) is 0 Å². The maximum atomic E-state index is 15.1. The van der Waals surface area contributed by atoms with E-state index in [-0.39, 0.29) is 19.3 Å². The Hall–Kier alpha value is -5.23. The molecule has 0 amide bonds. The van der Waals surface area contributed by atoms with Crippen molar-refractivity contribution in [2.24, 2.45) is 4.99 Å². The van der Waals surface area contributed by atoms with E-state index in [1.807, 2.05) is 121 Å². The van der Waals surface area contributed by atoms with Crippen molar-refractivity contribution in [3.8, 4) is 15.5 Å². The highest BCUT2D eigenvalue weighted by molar-refractivity contribution is 7.83. The molecule has 4 aromatic heterocycles. The van der Waals surface area contributed by atoms with Gasteiger partial charge in [-0.2, -0.15) is 0 Å². The number of carbonyl (C=O) groups is 2. The average molecular weight is 955 g/mol. The van der Waals surface area contributed by atoms with Crippen LogP contribution in [0.4, 0.5) is 10.0 Å². The molecule has 15 heteroatoms. The van der Waals surface area contributed by atoms with Crippen LogP contribution in [-0.2, 0) is 37.9 Å². The van der Waals surface area contributed by atoms with E-state index in [9.17, 15) is 0 Å². The quantitative estimate of drug-likeness (QED) is 0.0857. The first-order valence-electron chi connectivity index (χ1n) is 19.2. The SMILES string of the molecule is O=C(OCc1ccccc1)C1(C(=O)OCc2ccccc2)Oc2c(sc3cc(NC4C(=S)c5ccccc5C4=S)sc23)-c2sc3cc(N=c4c(=S)c5ccccc5c4=S)sc3c21. The predicted molar refractivity (Wildman–Crippen MR) is 264 cm³/mol. The van der Waals surface area contributed by atoms with Crippen LogP contribution in [0.1, 0.15) is 27.8 Å². The van der Waals surface area contributed by atoms with Gasteiger partial charge in [0.25, 0.3) is 0 Å². The van der Waals surface area contributed by atoms with E-state index in [2.05, 4.69) is 5.32 Å². The molecule has 0 spiro atoms. The Bertz CT molecular complexity index is 3380. The number of nitrogens with one attached hydrogen (secondary N) is 1. The summed E-state index contributed by atoms with van der Waals surface area (Å²) in [6.07, 6.45) is 0. The van der Waals surface area contributed by atoms with Gasteiger partial charge in [-0.3, -0.25) is 0 Å². The zero-order chi connectivity index (χ0) is 42.3. The molecule has 62 heavy (non-hydrogen) atoms. The number of carbonyl (C=O) groups excluding carboxylic acids is 2. The lowest BCUT2D eigenvalue weighted by atomic mass is 9.90. The summed E-state index contributed by atoms with van der Waals surface area (Å²) in [6, 6.07) is 37.9. The second-order valence-electron chi connectivity index (χ2n) is 14.6. The third-order valence-electron chi connectivity index (χ3n) is 10.8. The van der Waals surface area contributed by atoms with Gasteiger partial charge in [-0.15, -0.1) is 45.3 Å². The van der Waals surface area contributed by atoms with Crippen LogP contribution in [0, 0.1) is 9.02 Å².